The van der Waals surface area contributed by atoms with Crippen molar-refractivity contribution in [2.45, 2.75) is 238 Å². The zero-order valence-electron chi connectivity index (χ0n) is 42.5. The molecule has 0 bridgehead atoms. The Morgan fingerprint density at radius 2 is 0.924 bits per heavy atom. The minimum absolute atomic E-state index is 0.0641. The highest BCUT2D eigenvalue weighted by molar-refractivity contribution is 5.78. The van der Waals surface area contributed by atoms with Gasteiger partial charge < -0.3 is 20.3 Å². The van der Waals surface area contributed by atoms with E-state index in [9.17, 15) is 19.8 Å². The first-order chi connectivity index (χ1) is 32.5. The zero-order valence-corrected chi connectivity index (χ0v) is 42.5. The first-order valence-corrected chi connectivity index (χ1v) is 26.8. The van der Waals surface area contributed by atoms with Crippen LogP contribution >= 0.6 is 0 Å². The highest BCUT2D eigenvalue weighted by atomic mass is 16.5. The fourth-order valence-corrected chi connectivity index (χ4v) is 7.36. The predicted octanol–water partition coefficient (Wildman–Crippen LogP) is 16.5. The molecule has 0 heterocycles. The van der Waals surface area contributed by atoms with Crippen LogP contribution in [0, 0.1) is 0 Å². The number of carbonyl (C=O) groups is 2. The Labute approximate surface area is 406 Å². The maximum absolute atomic E-state index is 13.2. The lowest BCUT2D eigenvalue weighted by atomic mass is 10.0. The molecule has 3 atom stereocenters. The molecule has 66 heavy (non-hydrogen) atoms. The molecule has 374 valence electrons. The molecule has 6 heteroatoms. The second-order valence-corrected chi connectivity index (χ2v) is 17.7. The summed E-state index contributed by atoms with van der Waals surface area (Å²) in [5.74, 6) is -0.667. The van der Waals surface area contributed by atoms with Gasteiger partial charge in [-0.15, -0.1) is 0 Å². The Morgan fingerprint density at radius 1 is 0.485 bits per heavy atom. The van der Waals surface area contributed by atoms with Gasteiger partial charge in [-0.25, -0.2) is 0 Å². The quantitative estimate of drug-likeness (QED) is 0.0245. The SMILES string of the molecule is CC/C=C/C/C=C/C/C=C/C/C=C/C/C=C/C(CC(=O)NC(CO)C(O)CCCCCCCCCCCCCCCCC)OC(=O)CCCCCCC/C=C/C=C/C=C/C=C/C=C/CCC. The number of allylic oxidation sites excluding steroid dienone is 19. The maximum atomic E-state index is 13.2. The number of hydrogen-bond acceptors (Lipinski definition) is 5. The molecular formula is C60H99NO5. The Balaban J connectivity index is 4.77. The van der Waals surface area contributed by atoms with Gasteiger partial charge in [0, 0.05) is 6.42 Å². The molecule has 0 aliphatic carbocycles. The third-order valence-electron chi connectivity index (χ3n) is 11.4. The van der Waals surface area contributed by atoms with Gasteiger partial charge in [-0.3, -0.25) is 9.59 Å². The molecule has 0 aliphatic heterocycles. The average Bonchev–Trinajstić information content (AvgIpc) is 3.31. The van der Waals surface area contributed by atoms with Gasteiger partial charge in [0.25, 0.3) is 0 Å². The third-order valence-corrected chi connectivity index (χ3v) is 11.4. The van der Waals surface area contributed by atoms with Gasteiger partial charge in [-0.1, -0.05) is 258 Å². The van der Waals surface area contributed by atoms with Crippen molar-refractivity contribution in [3.63, 3.8) is 0 Å². The van der Waals surface area contributed by atoms with Gasteiger partial charge in [0.1, 0.15) is 6.10 Å². The van der Waals surface area contributed by atoms with Crippen LogP contribution in [0.25, 0.3) is 0 Å². The molecule has 0 aromatic heterocycles. The molecule has 6 nitrogen and oxygen atoms in total. The lowest BCUT2D eigenvalue weighted by Gasteiger charge is -2.23. The van der Waals surface area contributed by atoms with Crippen LogP contribution < -0.4 is 5.32 Å². The molecule has 0 fully saturated rings. The minimum atomic E-state index is -0.832. The van der Waals surface area contributed by atoms with Crippen LogP contribution in [-0.4, -0.2) is 46.9 Å². The van der Waals surface area contributed by atoms with Crippen molar-refractivity contribution in [3.05, 3.63) is 122 Å². The predicted molar refractivity (Wildman–Crippen MR) is 286 cm³/mol. The number of aliphatic hydroxyl groups is 2. The van der Waals surface area contributed by atoms with Gasteiger partial charge in [0.05, 0.1) is 25.2 Å². The van der Waals surface area contributed by atoms with Crippen molar-refractivity contribution in [1.29, 1.82) is 0 Å². The van der Waals surface area contributed by atoms with E-state index < -0.39 is 18.2 Å². The molecule has 0 aromatic rings. The molecule has 3 N–H and O–H groups in total. The standard InChI is InChI=1S/C60H99NO5/c1-4-7-10-13-16-19-22-25-28-29-30-32-35-38-41-44-47-50-53-60(65)66-56(51-48-45-42-39-36-33-27-24-21-18-15-12-9-6-3)54-59(64)61-57(55-62)58(63)52-49-46-43-40-37-34-31-26-23-20-17-14-11-8-5-2/h9-10,12-13,16,18-19,21-22,25,27-30,32-33,39,42,48,51,56-58,62-63H,4-8,11,14-15,17,20,23-24,26,31,34-38,40-41,43-47,49-50,52-55H2,1-3H3,(H,61,64)/b12-9+,13-10+,19-16+,21-18+,25-22+,29-28+,32-30+,33-27+,42-39+,51-48+. The van der Waals surface area contributed by atoms with E-state index in [1.54, 1.807) is 6.08 Å². The van der Waals surface area contributed by atoms with Crippen molar-refractivity contribution in [3.8, 4) is 0 Å². The monoisotopic (exact) mass is 914 g/mol. The van der Waals surface area contributed by atoms with E-state index in [1.807, 2.05) is 30.4 Å². The Bertz CT molecular complexity index is 1390. The number of amides is 1. The van der Waals surface area contributed by atoms with E-state index in [0.29, 0.717) is 19.3 Å². The minimum Gasteiger partial charge on any atom is -0.458 e. The molecule has 0 aromatic carbocycles. The van der Waals surface area contributed by atoms with E-state index in [1.165, 1.54) is 83.5 Å². The van der Waals surface area contributed by atoms with Gasteiger partial charge in [-0.2, -0.15) is 0 Å². The summed E-state index contributed by atoms with van der Waals surface area (Å²) in [5.41, 5.74) is 0. The summed E-state index contributed by atoms with van der Waals surface area (Å²) in [6.45, 7) is 6.24. The van der Waals surface area contributed by atoms with E-state index in [2.05, 4.69) is 111 Å². The van der Waals surface area contributed by atoms with Crippen LogP contribution in [-0.2, 0) is 14.3 Å². The third kappa shape index (κ3) is 46.8. The Morgan fingerprint density at radius 3 is 1.42 bits per heavy atom. The van der Waals surface area contributed by atoms with Crippen LogP contribution in [0.5, 0.6) is 0 Å². The molecule has 0 saturated heterocycles. The number of nitrogens with one attached hydrogen (secondary N) is 1. The summed E-state index contributed by atoms with van der Waals surface area (Å²) >= 11 is 0. The summed E-state index contributed by atoms with van der Waals surface area (Å²) in [6, 6.07) is -0.756. The van der Waals surface area contributed by atoms with E-state index in [-0.39, 0.29) is 24.9 Å². The highest BCUT2D eigenvalue weighted by Gasteiger charge is 2.23. The molecule has 0 aliphatic rings. The lowest BCUT2D eigenvalue weighted by Crippen LogP contribution is -2.46. The summed E-state index contributed by atoms with van der Waals surface area (Å²) in [7, 11) is 0. The van der Waals surface area contributed by atoms with Gasteiger partial charge in [-0.05, 0) is 70.3 Å². The van der Waals surface area contributed by atoms with E-state index >= 15 is 0 Å². The Kier molecular flexibility index (Phi) is 49.3. The molecule has 0 spiro atoms. The lowest BCUT2D eigenvalue weighted by molar-refractivity contribution is -0.148. The maximum Gasteiger partial charge on any atom is 0.306 e. The zero-order chi connectivity index (χ0) is 48.1. The second kappa shape index (κ2) is 52.2. The number of esters is 1. The van der Waals surface area contributed by atoms with Gasteiger partial charge in [0.15, 0.2) is 0 Å². The van der Waals surface area contributed by atoms with Crippen molar-refractivity contribution in [2.24, 2.45) is 0 Å². The van der Waals surface area contributed by atoms with Crippen molar-refractivity contribution in [1.82, 2.24) is 5.32 Å². The number of aliphatic hydroxyl groups excluding tert-OH is 2. The summed E-state index contributed by atoms with van der Waals surface area (Å²) < 4.78 is 5.82. The topological polar surface area (TPSA) is 95.9 Å². The second-order valence-electron chi connectivity index (χ2n) is 17.7. The Hall–Kier alpha value is -3.74. The molecule has 0 radical (unpaired) electrons. The van der Waals surface area contributed by atoms with Crippen LogP contribution in [0.4, 0.5) is 0 Å². The number of hydrogen-bond donors (Lipinski definition) is 3. The fraction of sp³-hybridized carbons (Fsp3) is 0.633. The summed E-state index contributed by atoms with van der Waals surface area (Å²) in [5, 5.41) is 23.8. The first-order valence-electron chi connectivity index (χ1n) is 26.8. The number of rotatable bonds is 46. The van der Waals surface area contributed by atoms with E-state index in [4.69, 9.17) is 4.74 Å². The molecule has 0 rings (SSSR count). The van der Waals surface area contributed by atoms with Crippen molar-refractivity contribution < 1.29 is 24.5 Å². The van der Waals surface area contributed by atoms with Crippen molar-refractivity contribution in [2.75, 3.05) is 6.61 Å². The molecule has 3 unspecified atom stereocenters. The molecule has 1 amide bonds. The van der Waals surface area contributed by atoms with Crippen LogP contribution in [0.3, 0.4) is 0 Å². The van der Waals surface area contributed by atoms with Crippen LogP contribution in [0.15, 0.2) is 122 Å². The summed E-state index contributed by atoms with van der Waals surface area (Å²) in [4.78, 5) is 26.1. The van der Waals surface area contributed by atoms with Crippen LogP contribution in [0.1, 0.15) is 220 Å². The fourth-order valence-electron chi connectivity index (χ4n) is 7.36. The normalized spacial score (nSPS) is 14.2. The van der Waals surface area contributed by atoms with Gasteiger partial charge >= 0.3 is 5.97 Å². The number of ether oxygens (including phenoxy) is 1. The summed E-state index contributed by atoms with van der Waals surface area (Å²) in [6.07, 6.45) is 72.8. The smallest absolute Gasteiger partial charge is 0.306 e. The molecule has 0 saturated carbocycles. The number of carbonyl (C=O) groups excluding carboxylic acids is 2. The van der Waals surface area contributed by atoms with Gasteiger partial charge in [0.2, 0.25) is 5.91 Å². The number of unbranched alkanes of at least 4 members (excludes halogenated alkanes) is 20. The van der Waals surface area contributed by atoms with Crippen LogP contribution in [0.2, 0.25) is 0 Å². The largest absolute Gasteiger partial charge is 0.458 e. The van der Waals surface area contributed by atoms with E-state index in [0.717, 1.165) is 89.9 Å². The molecular weight excluding hydrogens is 815 g/mol. The average molecular weight is 914 g/mol. The van der Waals surface area contributed by atoms with Crippen molar-refractivity contribution >= 4 is 11.9 Å². The first kappa shape index (κ1) is 62.3. The highest BCUT2D eigenvalue weighted by Crippen LogP contribution is 2.16.